The predicted molar refractivity (Wildman–Crippen MR) is 131 cm³/mol. The molecule has 0 aliphatic carbocycles. The largest absolute Gasteiger partial charge is 0.506 e. The maximum Gasteiger partial charge on any atom is 0.407 e. The predicted octanol–water partition coefficient (Wildman–Crippen LogP) is 3.55. The molecule has 1 aliphatic rings. The Morgan fingerprint density at radius 3 is 2.40 bits per heavy atom. The number of halogens is 1. The van der Waals surface area contributed by atoms with Crippen LogP contribution in [-0.2, 0) is 6.54 Å². The van der Waals surface area contributed by atoms with Crippen molar-refractivity contribution in [1.82, 2.24) is 9.47 Å². The van der Waals surface area contributed by atoms with Gasteiger partial charge >= 0.3 is 6.09 Å². The number of rotatable bonds is 5. The monoisotopic (exact) mass is 482 g/mol. The van der Waals surface area contributed by atoms with E-state index in [2.05, 4.69) is 5.32 Å². The fourth-order valence-electron chi connectivity index (χ4n) is 4.38. The summed E-state index contributed by atoms with van der Waals surface area (Å²) in [5, 5.41) is 23.4. The van der Waals surface area contributed by atoms with Crippen LogP contribution in [0.25, 0.3) is 10.9 Å². The summed E-state index contributed by atoms with van der Waals surface area (Å²) in [7, 11) is 0. The summed E-state index contributed by atoms with van der Waals surface area (Å²) < 4.78 is 15.1. The Bertz CT molecular complexity index is 1350. The molecule has 1 aromatic heterocycles. The van der Waals surface area contributed by atoms with Crippen molar-refractivity contribution in [3.8, 4) is 5.75 Å². The lowest BCUT2D eigenvalue weighted by atomic mass is 10.0. The summed E-state index contributed by atoms with van der Waals surface area (Å²) in [5.74, 6) is -1.79. The van der Waals surface area contributed by atoms with Crippen LogP contribution in [0.1, 0.15) is 24.2 Å². The Hall–Kier alpha value is -4.08. The number of pyridine rings is 1. The molecule has 2 heterocycles. The second kappa shape index (κ2) is 9.65. The lowest BCUT2D eigenvalue weighted by molar-refractivity contribution is 0.102. The van der Waals surface area contributed by atoms with Gasteiger partial charge in [0.05, 0.1) is 10.9 Å². The highest BCUT2D eigenvalue weighted by molar-refractivity contribution is 6.11. The second-order valence-electron chi connectivity index (χ2n) is 8.93. The van der Waals surface area contributed by atoms with Gasteiger partial charge in [-0.25, -0.2) is 9.18 Å². The fourth-order valence-corrected chi connectivity index (χ4v) is 4.38. The van der Waals surface area contributed by atoms with E-state index < -0.39 is 34.7 Å². The van der Waals surface area contributed by atoms with Gasteiger partial charge in [-0.05, 0) is 36.2 Å². The van der Waals surface area contributed by atoms with E-state index in [0.717, 1.165) is 6.07 Å². The van der Waals surface area contributed by atoms with Gasteiger partial charge in [0, 0.05) is 44.1 Å². The van der Waals surface area contributed by atoms with Crippen molar-refractivity contribution in [2.75, 3.05) is 36.4 Å². The van der Waals surface area contributed by atoms with Crippen LogP contribution in [0.3, 0.4) is 0 Å². The van der Waals surface area contributed by atoms with Gasteiger partial charge in [-0.1, -0.05) is 26.0 Å². The Kier molecular flexibility index (Phi) is 6.63. The van der Waals surface area contributed by atoms with Crippen molar-refractivity contribution < 1.29 is 24.2 Å². The summed E-state index contributed by atoms with van der Waals surface area (Å²) in [6.45, 7) is 5.53. The number of nitrogens with zero attached hydrogens (tertiary/aromatic N) is 3. The Balaban J connectivity index is 1.85. The Morgan fingerprint density at radius 1 is 1.09 bits per heavy atom. The van der Waals surface area contributed by atoms with Crippen LogP contribution in [0.5, 0.6) is 5.75 Å². The quantitative estimate of drug-likeness (QED) is 0.512. The van der Waals surface area contributed by atoms with Crippen LogP contribution in [0.4, 0.5) is 20.6 Å². The van der Waals surface area contributed by atoms with Crippen molar-refractivity contribution in [1.29, 1.82) is 0 Å². The molecule has 0 atom stereocenters. The summed E-state index contributed by atoms with van der Waals surface area (Å²) in [4.78, 5) is 41.1. The number of carboxylic acid groups (broad SMARTS) is 1. The Morgan fingerprint density at radius 2 is 1.77 bits per heavy atom. The van der Waals surface area contributed by atoms with E-state index in [0.29, 0.717) is 36.2 Å². The molecule has 4 rings (SSSR count). The van der Waals surface area contributed by atoms with Crippen LogP contribution in [0.2, 0.25) is 0 Å². The van der Waals surface area contributed by atoms with Crippen LogP contribution >= 0.6 is 0 Å². The maximum atomic E-state index is 13.6. The second-order valence-corrected chi connectivity index (χ2v) is 8.93. The summed E-state index contributed by atoms with van der Waals surface area (Å²) in [6, 6.07) is 10.5. The summed E-state index contributed by atoms with van der Waals surface area (Å²) >= 11 is 0. The molecular formula is C25H27FN4O5. The number of amides is 2. The van der Waals surface area contributed by atoms with Crippen LogP contribution in [0, 0.1) is 11.7 Å². The molecule has 1 aliphatic heterocycles. The molecule has 10 heteroatoms. The molecule has 9 nitrogen and oxygen atoms in total. The molecular weight excluding hydrogens is 455 g/mol. The lowest BCUT2D eigenvalue weighted by Gasteiger charge is -2.35. The van der Waals surface area contributed by atoms with Crippen molar-refractivity contribution in [3.63, 3.8) is 0 Å². The van der Waals surface area contributed by atoms with Crippen molar-refractivity contribution in [3.05, 3.63) is 64.2 Å². The first-order chi connectivity index (χ1) is 16.7. The fraction of sp³-hybridized carbons (Fsp3) is 0.320. The number of benzene rings is 2. The summed E-state index contributed by atoms with van der Waals surface area (Å²) in [6.07, 6.45) is -0.993. The minimum absolute atomic E-state index is 0.0716. The molecule has 2 aromatic carbocycles. The third kappa shape index (κ3) is 4.77. The molecule has 0 spiro atoms. The minimum atomic E-state index is -0.993. The maximum absolute atomic E-state index is 13.6. The molecule has 0 radical (unpaired) electrons. The first-order valence-electron chi connectivity index (χ1n) is 11.4. The molecule has 2 amide bonds. The zero-order chi connectivity index (χ0) is 25.3. The molecule has 3 aromatic rings. The van der Waals surface area contributed by atoms with E-state index in [1.54, 1.807) is 18.2 Å². The number of anilines is 2. The average Bonchev–Trinajstić information content (AvgIpc) is 2.81. The topological polar surface area (TPSA) is 115 Å². The normalized spacial score (nSPS) is 13.9. The Labute approximate surface area is 201 Å². The van der Waals surface area contributed by atoms with Gasteiger partial charge in [-0.2, -0.15) is 0 Å². The van der Waals surface area contributed by atoms with Gasteiger partial charge in [0.1, 0.15) is 17.1 Å². The molecule has 184 valence electrons. The minimum Gasteiger partial charge on any atom is -0.506 e. The third-order valence-electron chi connectivity index (χ3n) is 5.99. The zero-order valence-corrected chi connectivity index (χ0v) is 19.5. The number of hydrogen-bond acceptors (Lipinski definition) is 5. The van der Waals surface area contributed by atoms with E-state index in [9.17, 15) is 29.0 Å². The number of carbonyl (C=O) groups is 2. The number of nitrogens with one attached hydrogen (secondary N) is 1. The van der Waals surface area contributed by atoms with Gasteiger partial charge in [0.25, 0.3) is 11.5 Å². The van der Waals surface area contributed by atoms with Crippen molar-refractivity contribution in [2.45, 2.75) is 20.4 Å². The van der Waals surface area contributed by atoms with Crippen molar-refractivity contribution in [2.24, 2.45) is 5.92 Å². The number of piperazine rings is 1. The number of fused-ring (bicyclic) bond motifs is 1. The van der Waals surface area contributed by atoms with Crippen LogP contribution < -0.4 is 15.8 Å². The first kappa shape index (κ1) is 24.1. The van der Waals surface area contributed by atoms with E-state index >= 15 is 0 Å². The van der Waals surface area contributed by atoms with E-state index in [1.807, 2.05) is 18.7 Å². The lowest BCUT2D eigenvalue weighted by Crippen LogP contribution is -2.48. The number of aromatic nitrogens is 1. The van der Waals surface area contributed by atoms with Gasteiger partial charge in [0.15, 0.2) is 0 Å². The summed E-state index contributed by atoms with van der Waals surface area (Å²) in [5.41, 5.74) is 0.149. The first-order valence-corrected chi connectivity index (χ1v) is 11.4. The number of aromatic hydroxyl groups is 1. The van der Waals surface area contributed by atoms with Gasteiger partial charge in [-0.15, -0.1) is 0 Å². The molecule has 1 fully saturated rings. The smallest absolute Gasteiger partial charge is 0.407 e. The molecule has 0 bridgehead atoms. The molecule has 1 saturated heterocycles. The molecule has 35 heavy (non-hydrogen) atoms. The SMILES string of the molecule is CC(C)Cn1c(=O)c(C(=O)Nc2cccc(F)c2)c(O)c2c(N3CCN(C(=O)O)CC3)cccc21. The van der Waals surface area contributed by atoms with Gasteiger partial charge in [0.2, 0.25) is 0 Å². The molecule has 0 saturated carbocycles. The number of carbonyl (C=O) groups excluding carboxylic acids is 1. The highest BCUT2D eigenvalue weighted by atomic mass is 19.1. The molecule has 3 N–H and O–H groups in total. The highest BCUT2D eigenvalue weighted by Gasteiger charge is 2.27. The number of hydrogen-bond donors (Lipinski definition) is 3. The zero-order valence-electron chi connectivity index (χ0n) is 19.5. The van der Waals surface area contributed by atoms with E-state index in [-0.39, 0.29) is 24.7 Å². The van der Waals surface area contributed by atoms with E-state index in [4.69, 9.17) is 0 Å². The van der Waals surface area contributed by atoms with Crippen LogP contribution in [-0.4, -0.2) is 57.9 Å². The van der Waals surface area contributed by atoms with Gasteiger partial charge < -0.3 is 29.9 Å². The average molecular weight is 483 g/mol. The molecule has 0 unspecified atom stereocenters. The van der Waals surface area contributed by atoms with E-state index in [1.165, 1.54) is 27.7 Å². The van der Waals surface area contributed by atoms with Crippen LogP contribution in [0.15, 0.2) is 47.3 Å². The highest BCUT2D eigenvalue weighted by Crippen LogP contribution is 2.36. The standard InChI is InChI=1S/C25H27FN4O5/c1-15(2)14-30-19-8-4-7-18(28-9-11-29(12-10-28)25(34)35)20(19)22(31)21(24(30)33)23(32)27-17-6-3-5-16(26)13-17/h3-8,13,15,31H,9-12,14H2,1-2H3,(H,27,32)(H,34,35). The van der Waals surface area contributed by atoms with Gasteiger partial charge in [-0.3, -0.25) is 9.59 Å². The van der Waals surface area contributed by atoms with Crippen molar-refractivity contribution >= 4 is 34.3 Å². The third-order valence-corrected chi connectivity index (χ3v) is 5.99.